The van der Waals surface area contributed by atoms with E-state index in [1.807, 2.05) is 6.07 Å². The summed E-state index contributed by atoms with van der Waals surface area (Å²) in [5, 5.41) is 40.7. The summed E-state index contributed by atoms with van der Waals surface area (Å²) in [5.41, 5.74) is -0.310. The molecule has 0 bridgehead atoms. The molecule has 3 rings (SSSR count). The minimum atomic E-state index is -1.83. The fourth-order valence-electron chi connectivity index (χ4n) is 3.88. The van der Waals surface area contributed by atoms with Crippen LogP contribution in [0.4, 0.5) is 0 Å². The minimum Gasteiger partial charge on any atom is -0.508 e. The van der Waals surface area contributed by atoms with Crippen molar-refractivity contribution in [2.45, 2.75) is 49.6 Å². The van der Waals surface area contributed by atoms with E-state index in [0.717, 1.165) is 11.6 Å². The van der Waals surface area contributed by atoms with Gasteiger partial charge in [0.05, 0.1) is 16.1 Å². The van der Waals surface area contributed by atoms with Gasteiger partial charge in [-0.25, -0.2) is 9.59 Å². The first-order valence-electron chi connectivity index (χ1n) is 10.9. The Labute approximate surface area is 212 Å². The van der Waals surface area contributed by atoms with E-state index in [1.165, 1.54) is 18.2 Å². The van der Waals surface area contributed by atoms with Crippen LogP contribution in [0, 0.1) is 0 Å². The first kappa shape index (κ1) is 27.0. The Bertz CT molecular complexity index is 1070. The predicted octanol–water partition coefficient (Wildman–Crippen LogP) is 3.61. The maximum atomic E-state index is 12.3. The van der Waals surface area contributed by atoms with Gasteiger partial charge in [-0.2, -0.15) is 0 Å². The highest BCUT2D eigenvalue weighted by molar-refractivity contribution is 6.42. The Morgan fingerprint density at radius 2 is 1.77 bits per heavy atom. The number of carbonyl (C=O) groups is 2. The summed E-state index contributed by atoms with van der Waals surface area (Å²) in [7, 11) is 0. The van der Waals surface area contributed by atoms with Crippen LogP contribution in [0.15, 0.2) is 48.5 Å². The maximum absolute atomic E-state index is 12.3. The van der Waals surface area contributed by atoms with Crippen molar-refractivity contribution in [2.24, 2.45) is 0 Å². The number of aliphatic hydroxyl groups excluding tert-OH is 2. The molecule has 1 saturated carbocycles. The minimum absolute atomic E-state index is 0.0524. The molecule has 0 spiro atoms. The zero-order chi connectivity index (χ0) is 25.6. The van der Waals surface area contributed by atoms with Crippen molar-refractivity contribution in [3.8, 4) is 5.75 Å². The lowest BCUT2D eigenvalue weighted by molar-refractivity contribution is -0.207. The topological polar surface area (TPSA) is 134 Å². The molecule has 1 fully saturated rings. The molecule has 10 heteroatoms. The van der Waals surface area contributed by atoms with Crippen LogP contribution in [-0.4, -0.2) is 62.9 Å². The number of carboxylic acid groups (broad SMARTS) is 1. The largest absolute Gasteiger partial charge is 0.508 e. The third-order valence-electron chi connectivity index (χ3n) is 5.78. The first-order chi connectivity index (χ1) is 16.6. The highest BCUT2D eigenvalue weighted by Crippen LogP contribution is 2.35. The number of hydrogen-bond donors (Lipinski definition) is 4. The lowest BCUT2D eigenvalue weighted by Gasteiger charge is -2.41. The van der Waals surface area contributed by atoms with Crippen molar-refractivity contribution in [3.63, 3.8) is 0 Å². The molecular weight excluding hydrogens is 499 g/mol. The van der Waals surface area contributed by atoms with Crippen LogP contribution in [0.25, 0.3) is 6.08 Å². The molecule has 4 atom stereocenters. The van der Waals surface area contributed by atoms with Crippen molar-refractivity contribution < 1.29 is 39.5 Å². The first-order valence-corrected chi connectivity index (χ1v) is 11.7. The number of benzene rings is 2. The third kappa shape index (κ3) is 7.19. The normalized spacial score (nSPS) is 24.4. The van der Waals surface area contributed by atoms with E-state index in [9.17, 15) is 30.0 Å². The van der Waals surface area contributed by atoms with E-state index in [-0.39, 0.29) is 25.2 Å². The quantitative estimate of drug-likeness (QED) is 0.222. The number of phenols is 1. The molecule has 0 saturated heterocycles. The van der Waals surface area contributed by atoms with Gasteiger partial charge < -0.3 is 29.9 Å². The van der Waals surface area contributed by atoms with E-state index in [4.69, 9.17) is 32.7 Å². The molecule has 0 aliphatic heterocycles. The second kappa shape index (κ2) is 11.9. The fourth-order valence-corrected chi connectivity index (χ4v) is 4.20. The molecule has 188 valence electrons. The SMILES string of the molecule is O=C(/C=C/c1ccc(O)cc1)O[C@@H]1C[C@](OCCCc2ccc(Cl)c(Cl)c2)(C(=O)O)C[C@H](O)[C@H]1O. The summed E-state index contributed by atoms with van der Waals surface area (Å²) in [5.74, 6) is -2.07. The third-order valence-corrected chi connectivity index (χ3v) is 6.52. The Balaban J connectivity index is 1.62. The van der Waals surface area contributed by atoms with Crippen LogP contribution >= 0.6 is 23.2 Å². The number of rotatable bonds is 9. The highest BCUT2D eigenvalue weighted by atomic mass is 35.5. The number of aliphatic carboxylic acids is 1. The average molecular weight is 525 g/mol. The molecule has 4 N–H and O–H groups in total. The second-order valence-electron chi connectivity index (χ2n) is 8.37. The van der Waals surface area contributed by atoms with Gasteiger partial charge in [0.2, 0.25) is 0 Å². The molecule has 0 amide bonds. The lowest BCUT2D eigenvalue weighted by atomic mass is 9.79. The monoisotopic (exact) mass is 524 g/mol. The maximum Gasteiger partial charge on any atom is 0.336 e. The van der Waals surface area contributed by atoms with Crippen molar-refractivity contribution >= 4 is 41.2 Å². The summed E-state index contributed by atoms with van der Waals surface area (Å²) < 4.78 is 11.0. The number of phenolic OH excluding ortho intramolecular Hbond substituents is 1. The highest BCUT2D eigenvalue weighted by Gasteiger charge is 2.52. The lowest BCUT2D eigenvalue weighted by Crippen LogP contribution is -2.58. The van der Waals surface area contributed by atoms with Gasteiger partial charge in [-0.1, -0.05) is 41.4 Å². The Kier molecular flexibility index (Phi) is 9.15. The molecule has 8 nitrogen and oxygen atoms in total. The Morgan fingerprint density at radius 1 is 1.06 bits per heavy atom. The zero-order valence-electron chi connectivity index (χ0n) is 18.6. The summed E-state index contributed by atoms with van der Waals surface area (Å²) >= 11 is 11.9. The molecule has 2 aromatic rings. The van der Waals surface area contributed by atoms with Gasteiger partial charge in [-0.15, -0.1) is 0 Å². The van der Waals surface area contributed by atoms with Gasteiger partial charge in [-0.05, 0) is 54.3 Å². The van der Waals surface area contributed by atoms with Crippen LogP contribution < -0.4 is 0 Å². The van der Waals surface area contributed by atoms with Crippen LogP contribution in [0.1, 0.15) is 30.4 Å². The van der Waals surface area contributed by atoms with Gasteiger partial charge in [0.15, 0.2) is 5.60 Å². The number of aryl methyl sites for hydroxylation is 1. The summed E-state index contributed by atoms with van der Waals surface area (Å²) in [6.45, 7) is 0.0524. The van der Waals surface area contributed by atoms with Gasteiger partial charge in [-0.3, -0.25) is 0 Å². The number of esters is 1. The summed E-state index contributed by atoms with van der Waals surface area (Å²) in [6.07, 6.45) is -1.33. The number of halogens is 2. The number of aliphatic hydroxyl groups is 2. The van der Waals surface area contributed by atoms with Gasteiger partial charge >= 0.3 is 11.9 Å². The summed E-state index contributed by atoms with van der Waals surface area (Å²) in [6, 6.07) is 11.3. The average Bonchev–Trinajstić information content (AvgIpc) is 2.81. The van der Waals surface area contributed by atoms with E-state index in [0.29, 0.717) is 28.5 Å². The molecule has 0 radical (unpaired) electrons. The molecule has 2 aromatic carbocycles. The smallest absolute Gasteiger partial charge is 0.336 e. The molecule has 35 heavy (non-hydrogen) atoms. The van der Waals surface area contributed by atoms with Gasteiger partial charge in [0.25, 0.3) is 0 Å². The van der Waals surface area contributed by atoms with Crippen molar-refractivity contribution in [1.82, 2.24) is 0 Å². The van der Waals surface area contributed by atoms with Crippen LogP contribution in [-0.2, 0) is 25.5 Å². The van der Waals surface area contributed by atoms with E-state index in [1.54, 1.807) is 24.3 Å². The van der Waals surface area contributed by atoms with Gasteiger partial charge in [0.1, 0.15) is 18.0 Å². The van der Waals surface area contributed by atoms with Crippen LogP contribution in [0.3, 0.4) is 0 Å². The summed E-state index contributed by atoms with van der Waals surface area (Å²) in [4.78, 5) is 24.4. The fraction of sp³-hybridized carbons (Fsp3) is 0.360. The van der Waals surface area contributed by atoms with E-state index in [2.05, 4.69) is 0 Å². The van der Waals surface area contributed by atoms with Crippen molar-refractivity contribution in [1.29, 1.82) is 0 Å². The molecule has 0 aromatic heterocycles. The number of aromatic hydroxyl groups is 1. The van der Waals surface area contributed by atoms with Crippen molar-refractivity contribution in [3.05, 3.63) is 69.7 Å². The van der Waals surface area contributed by atoms with Crippen molar-refractivity contribution in [2.75, 3.05) is 6.61 Å². The standard InChI is InChI=1S/C25H26Cl2O8/c26-18-9-5-16(12-19(18)27)2-1-11-34-25(24(32)33)13-20(29)23(31)21(14-25)35-22(30)10-6-15-3-7-17(28)8-4-15/h3-10,12,20-21,23,28-29,31H,1-2,11,13-14H2,(H,32,33)/b10-6+/t20-,21+,23+,25-/m0/s1. The number of hydrogen-bond acceptors (Lipinski definition) is 7. The second-order valence-corrected chi connectivity index (χ2v) is 9.18. The van der Waals surface area contributed by atoms with Gasteiger partial charge in [0, 0.05) is 25.5 Å². The molecule has 0 unspecified atom stereocenters. The zero-order valence-corrected chi connectivity index (χ0v) is 20.2. The molecule has 0 heterocycles. The molecule has 1 aliphatic carbocycles. The number of carboxylic acids is 1. The number of ether oxygens (including phenoxy) is 2. The molecular formula is C25H26Cl2O8. The number of carbonyl (C=O) groups excluding carboxylic acids is 1. The Morgan fingerprint density at radius 3 is 2.43 bits per heavy atom. The predicted molar refractivity (Wildman–Crippen MR) is 129 cm³/mol. The van der Waals surface area contributed by atoms with Crippen LogP contribution in [0.5, 0.6) is 5.75 Å². The Hall–Kier alpha value is -2.62. The van der Waals surface area contributed by atoms with E-state index >= 15 is 0 Å². The molecule has 1 aliphatic rings. The van der Waals surface area contributed by atoms with E-state index < -0.39 is 35.9 Å². The van der Waals surface area contributed by atoms with Crippen LogP contribution in [0.2, 0.25) is 10.0 Å².